The molecule has 0 atom stereocenters. The van der Waals surface area contributed by atoms with Crippen molar-refractivity contribution in [3.63, 3.8) is 0 Å². The molecule has 1 aliphatic rings. The number of carbonyl (C=O) groups is 1. The summed E-state index contributed by atoms with van der Waals surface area (Å²) in [4.78, 5) is 24.1. The molecule has 1 aliphatic carbocycles. The van der Waals surface area contributed by atoms with Gasteiger partial charge in [0.15, 0.2) is 0 Å². The largest absolute Gasteiger partial charge is 0.307 e. The molecule has 0 spiro atoms. The zero-order valence-corrected chi connectivity index (χ0v) is 15.7. The van der Waals surface area contributed by atoms with E-state index in [1.165, 1.54) is 21.4 Å². The third kappa shape index (κ3) is 2.74. The van der Waals surface area contributed by atoms with Crippen LogP contribution in [0.4, 0.5) is 0 Å². The van der Waals surface area contributed by atoms with Gasteiger partial charge in [0.2, 0.25) is 0 Å². The Hall–Kier alpha value is -2.46. The predicted molar refractivity (Wildman–Crippen MR) is 96.9 cm³/mol. The number of sulfonamides is 1. The standard InChI is InChI=1S/C16H16N4O4S2/c1-19-12-6-5-10(7-13(12)25-16(19)22)26(23,24)18-15(21)14-11(9-3-4-9)8-17-20(14)2/h5-9H,3-4H2,1-2H3,(H,18,21). The van der Waals surface area contributed by atoms with Crippen LogP contribution in [0.3, 0.4) is 0 Å². The number of hydrogen-bond donors (Lipinski definition) is 1. The minimum absolute atomic E-state index is 0.0599. The number of nitrogens with zero attached hydrogens (tertiary/aromatic N) is 3. The molecule has 1 fully saturated rings. The van der Waals surface area contributed by atoms with Gasteiger partial charge >= 0.3 is 4.87 Å². The van der Waals surface area contributed by atoms with Gasteiger partial charge in [0, 0.05) is 19.7 Å². The van der Waals surface area contributed by atoms with Gasteiger partial charge in [0.1, 0.15) is 5.69 Å². The molecule has 0 saturated heterocycles. The second kappa shape index (κ2) is 5.78. The third-order valence-electron chi connectivity index (χ3n) is 4.50. The Balaban J connectivity index is 1.68. The maximum atomic E-state index is 12.6. The first-order valence-electron chi connectivity index (χ1n) is 7.96. The molecule has 136 valence electrons. The van der Waals surface area contributed by atoms with Crippen molar-refractivity contribution in [2.24, 2.45) is 14.1 Å². The molecule has 1 saturated carbocycles. The van der Waals surface area contributed by atoms with Crippen LogP contribution >= 0.6 is 11.3 Å². The predicted octanol–water partition coefficient (Wildman–Crippen LogP) is 1.33. The molecular weight excluding hydrogens is 376 g/mol. The number of rotatable bonds is 4. The summed E-state index contributed by atoms with van der Waals surface area (Å²) in [7, 11) is -0.829. The van der Waals surface area contributed by atoms with E-state index >= 15 is 0 Å². The number of thiazole rings is 1. The van der Waals surface area contributed by atoms with Crippen molar-refractivity contribution in [3.05, 3.63) is 45.3 Å². The van der Waals surface area contributed by atoms with Crippen molar-refractivity contribution in [1.29, 1.82) is 0 Å². The first kappa shape index (κ1) is 17.0. The Morgan fingerprint density at radius 1 is 1.31 bits per heavy atom. The fourth-order valence-corrected chi connectivity index (χ4v) is 4.91. The summed E-state index contributed by atoms with van der Waals surface area (Å²) in [5.74, 6) is -0.432. The Morgan fingerprint density at radius 3 is 2.73 bits per heavy atom. The SMILES string of the molecule is Cn1ncc(C2CC2)c1C(=O)NS(=O)(=O)c1ccc2c(c1)sc(=O)n2C. The van der Waals surface area contributed by atoms with Gasteiger partial charge in [-0.1, -0.05) is 11.3 Å². The van der Waals surface area contributed by atoms with Gasteiger partial charge in [0.05, 0.1) is 21.3 Å². The summed E-state index contributed by atoms with van der Waals surface area (Å²) in [6.07, 6.45) is 3.57. The number of aryl methyl sites for hydroxylation is 2. The maximum Gasteiger partial charge on any atom is 0.307 e. The number of amides is 1. The topological polar surface area (TPSA) is 103 Å². The quantitative estimate of drug-likeness (QED) is 0.721. The molecule has 8 nitrogen and oxygen atoms in total. The molecule has 0 unspecified atom stereocenters. The van der Waals surface area contributed by atoms with Gasteiger partial charge in [-0.05, 0) is 37.0 Å². The van der Waals surface area contributed by atoms with E-state index < -0.39 is 15.9 Å². The van der Waals surface area contributed by atoms with E-state index in [1.807, 2.05) is 0 Å². The zero-order valence-electron chi connectivity index (χ0n) is 14.1. The fraction of sp³-hybridized carbons (Fsp3) is 0.312. The lowest BCUT2D eigenvalue weighted by Crippen LogP contribution is -2.32. The van der Waals surface area contributed by atoms with Crippen molar-refractivity contribution < 1.29 is 13.2 Å². The van der Waals surface area contributed by atoms with Crippen molar-refractivity contribution in [2.75, 3.05) is 0 Å². The lowest BCUT2D eigenvalue weighted by Gasteiger charge is -2.09. The summed E-state index contributed by atoms with van der Waals surface area (Å²) < 4.78 is 30.8. The normalized spacial score (nSPS) is 14.7. The maximum absolute atomic E-state index is 12.6. The van der Waals surface area contributed by atoms with Crippen LogP contribution in [0, 0.1) is 0 Å². The van der Waals surface area contributed by atoms with Gasteiger partial charge in [0.25, 0.3) is 15.9 Å². The lowest BCUT2D eigenvalue weighted by molar-refractivity contribution is 0.0971. The number of fused-ring (bicyclic) bond motifs is 1. The molecule has 4 rings (SSSR count). The van der Waals surface area contributed by atoms with Gasteiger partial charge in [-0.15, -0.1) is 0 Å². The van der Waals surface area contributed by atoms with Crippen LogP contribution in [-0.4, -0.2) is 28.7 Å². The summed E-state index contributed by atoms with van der Waals surface area (Å²) in [5.41, 5.74) is 1.69. The van der Waals surface area contributed by atoms with E-state index in [4.69, 9.17) is 0 Å². The first-order chi connectivity index (χ1) is 12.3. The molecule has 2 aromatic heterocycles. The summed E-state index contributed by atoms with van der Waals surface area (Å²) in [5, 5.41) is 4.08. The van der Waals surface area contributed by atoms with Gasteiger partial charge in [-0.2, -0.15) is 5.10 Å². The minimum Gasteiger partial charge on any atom is -0.302 e. The monoisotopic (exact) mass is 392 g/mol. The molecule has 26 heavy (non-hydrogen) atoms. The first-order valence-corrected chi connectivity index (χ1v) is 10.3. The molecule has 1 amide bonds. The highest BCUT2D eigenvalue weighted by Gasteiger charge is 2.32. The number of carbonyl (C=O) groups excluding carboxylic acids is 1. The van der Waals surface area contributed by atoms with E-state index in [1.54, 1.807) is 26.4 Å². The van der Waals surface area contributed by atoms with Crippen molar-refractivity contribution in [2.45, 2.75) is 23.7 Å². The molecule has 3 aromatic rings. The van der Waals surface area contributed by atoms with Crippen LogP contribution < -0.4 is 9.60 Å². The number of hydrogen-bond acceptors (Lipinski definition) is 6. The second-order valence-corrected chi connectivity index (χ2v) is 9.01. The highest BCUT2D eigenvalue weighted by Crippen LogP contribution is 2.41. The van der Waals surface area contributed by atoms with Gasteiger partial charge < -0.3 is 4.57 Å². The molecule has 1 N–H and O–H groups in total. The lowest BCUT2D eigenvalue weighted by atomic mass is 10.1. The molecule has 2 heterocycles. The van der Waals surface area contributed by atoms with E-state index in [-0.39, 0.29) is 21.4 Å². The summed E-state index contributed by atoms with van der Waals surface area (Å²) in [6.45, 7) is 0. The smallest absolute Gasteiger partial charge is 0.302 e. The Kier molecular flexibility index (Phi) is 3.77. The average molecular weight is 392 g/mol. The fourth-order valence-electron chi connectivity index (χ4n) is 2.94. The molecule has 0 radical (unpaired) electrons. The third-order valence-corrected chi connectivity index (χ3v) is 6.82. The number of aromatic nitrogens is 3. The van der Waals surface area contributed by atoms with Gasteiger partial charge in [-0.25, -0.2) is 13.1 Å². The Labute approximate surface area is 153 Å². The molecule has 0 aliphatic heterocycles. The molecule has 0 bridgehead atoms. The Morgan fingerprint density at radius 2 is 2.04 bits per heavy atom. The van der Waals surface area contributed by atoms with Crippen molar-refractivity contribution in [3.8, 4) is 0 Å². The zero-order chi connectivity index (χ0) is 18.6. The average Bonchev–Trinajstić information content (AvgIpc) is 3.29. The molecule has 10 heteroatoms. The molecular formula is C16H16N4O4S2. The van der Waals surface area contributed by atoms with E-state index in [0.717, 1.165) is 29.7 Å². The van der Waals surface area contributed by atoms with Crippen molar-refractivity contribution >= 4 is 37.5 Å². The van der Waals surface area contributed by atoms with Crippen LogP contribution in [0.15, 0.2) is 34.1 Å². The Bertz CT molecular complexity index is 1200. The summed E-state index contributed by atoms with van der Waals surface area (Å²) >= 11 is 0.959. The highest BCUT2D eigenvalue weighted by atomic mass is 32.2. The number of benzene rings is 1. The van der Waals surface area contributed by atoms with E-state index in [0.29, 0.717) is 10.2 Å². The van der Waals surface area contributed by atoms with Crippen LogP contribution in [0.25, 0.3) is 10.2 Å². The van der Waals surface area contributed by atoms with Crippen LogP contribution in [0.5, 0.6) is 0 Å². The van der Waals surface area contributed by atoms with Crippen LogP contribution in [-0.2, 0) is 24.1 Å². The van der Waals surface area contributed by atoms with E-state index in [2.05, 4.69) is 9.82 Å². The van der Waals surface area contributed by atoms with Gasteiger partial charge in [-0.3, -0.25) is 14.3 Å². The minimum atomic E-state index is -4.06. The highest BCUT2D eigenvalue weighted by molar-refractivity contribution is 7.90. The van der Waals surface area contributed by atoms with Crippen molar-refractivity contribution in [1.82, 2.24) is 19.1 Å². The van der Waals surface area contributed by atoms with E-state index in [9.17, 15) is 18.0 Å². The van der Waals surface area contributed by atoms with Crippen LogP contribution in [0.2, 0.25) is 0 Å². The summed E-state index contributed by atoms with van der Waals surface area (Å²) in [6, 6.07) is 4.35. The molecule has 1 aromatic carbocycles. The number of nitrogens with one attached hydrogen (secondary N) is 1. The second-order valence-electron chi connectivity index (χ2n) is 6.34. The van der Waals surface area contributed by atoms with Crippen LogP contribution in [0.1, 0.15) is 34.8 Å².